The van der Waals surface area contributed by atoms with Crippen LogP contribution in [0.4, 0.5) is 5.69 Å². The number of thiocarbonyl (C=S) groups is 1. The van der Waals surface area contributed by atoms with Crippen molar-refractivity contribution in [2.75, 3.05) is 12.4 Å². The van der Waals surface area contributed by atoms with Crippen LogP contribution >= 0.6 is 12.2 Å². The Bertz CT molecular complexity index is 470. The van der Waals surface area contributed by atoms with Gasteiger partial charge in [0, 0.05) is 11.7 Å². The molecule has 1 aromatic carbocycles. The van der Waals surface area contributed by atoms with E-state index in [-0.39, 0.29) is 5.97 Å². The molecule has 2 N–H and O–H groups in total. The lowest BCUT2D eigenvalue weighted by Crippen LogP contribution is -2.35. The summed E-state index contributed by atoms with van der Waals surface area (Å²) in [6, 6.07) is 7.59. The minimum absolute atomic E-state index is 0.349. The van der Waals surface area contributed by atoms with Gasteiger partial charge in [0.05, 0.1) is 12.7 Å². The van der Waals surface area contributed by atoms with Gasteiger partial charge in [0.15, 0.2) is 5.11 Å². The number of methoxy groups -OCH3 is 1. The second kappa shape index (κ2) is 6.52. The van der Waals surface area contributed by atoms with E-state index in [1.54, 1.807) is 18.2 Å². The summed E-state index contributed by atoms with van der Waals surface area (Å²) in [5, 5.41) is 7.00. The van der Waals surface area contributed by atoms with Crippen LogP contribution in [0.1, 0.15) is 36.0 Å². The van der Waals surface area contributed by atoms with Gasteiger partial charge in [-0.2, -0.15) is 0 Å². The van der Waals surface area contributed by atoms with Gasteiger partial charge in [-0.1, -0.05) is 18.9 Å². The molecule has 5 heteroatoms. The predicted octanol–water partition coefficient (Wildman–Crippen LogP) is 2.70. The Morgan fingerprint density at radius 3 is 2.79 bits per heavy atom. The summed E-state index contributed by atoms with van der Waals surface area (Å²) in [6.07, 6.45) is 4.87. The Labute approximate surface area is 118 Å². The van der Waals surface area contributed by atoms with Gasteiger partial charge >= 0.3 is 5.97 Å². The quantitative estimate of drug-likeness (QED) is 0.657. The first kappa shape index (κ1) is 13.8. The van der Waals surface area contributed by atoms with Gasteiger partial charge in [0.2, 0.25) is 0 Å². The van der Waals surface area contributed by atoms with Gasteiger partial charge in [0.1, 0.15) is 0 Å². The molecule has 1 saturated carbocycles. The molecule has 0 aliphatic heterocycles. The molecule has 0 bridgehead atoms. The number of carbonyl (C=O) groups is 1. The third-order valence-electron chi connectivity index (χ3n) is 3.23. The molecule has 4 nitrogen and oxygen atoms in total. The molecule has 0 unspecified atom stereocenters. The Balaban J connectivity index is 1.94. The third-order valence-corrected chi connectivity index (χ3v) is 3.45. The van der Waals surface area contributed by atoms with E-state index in [0.717, 1.165) is 5.69 Å². The van der Waals surface area contributed by atoms with Crippen LogP contribution in [0.3, 0.4) is 0 Å². The Morgan fingerprint density at radius 2 is 2.11 bits per heavy atom. The van der Waals surface area contributed by atoms with E-state index in [1.807, 2.05) is 6.07 Å². The highest BCUT2D eigenvalue weighted by molar-refractivity contribution is 7.80. The summed E-state index contributed by atoms with van der Waals surface area (Å²) in [7, 11) is 1.37. The number of nitrogens with one attached hydrogen (secondary N) is 2. The van der Waals surface area contributed by atoms with Gasteiger partial charge in [-0.25, -0.2) is 4.79 Å². The van der Waals surface area contributed by atoms with E-state index in [1.165, 1.54) is 32.8 Å². The van der Waals surface area contributed by atoms with E-state index >= 15 is 0 Å². The van der Waals surface area contributed by atoms with Crippen molar-refractivity contribution >= 4 is 29.0 Å². The molecule has 102 valence electrons. The van der Waals surface area contributed by atoms with Crippen LogP contribution in [0.15, 0.2) is 24.3 Å². The average molecular weight is 278 g/mol. The Morgan fingerprint density at radius 1 is 1.37 bits per heavy atom. The molecule has 0 spiro atoms. The van der Waals surface area contributed by atoms with Crippen LogP contribution in [0.5, 0.6) is 0 Å². The zero-order valence-electron chi connectivity index (χ0n) is 10.9. The topological polar surface area (TPSA) is 50.4 Å². The molecule has 19 heavy (non-hydrogen) atoms. The third kappa shape index (κ3) is 3.92. The number of hydrogen-bond donors (Lipinski definition) is 2. The maximum Gasteiger partial charge on any atom is 0.337 e. The van der Waals surface area contributed by atoms with Crippen molar-refractivity contribution in [2.24, 2.45) is 0 Å². The van der Waals surface area contributed by atoms with Crippen molar-refractivity contribution in [3.8, 4) is 0 Å². The highest BCUT2D eigenvalue weighted by Gasteiger charge is 2.15. The molecule has 1 fully saturated rings. The monoisotopic (exact) mass is 278 g/mol. The molecular weight excluding hydrogens is 260 g/mol. The van der Waals surface area contributed by atoms with E-state index in [0.29, 0.717) is 16.7 Å². The minimum Gasteiger partial charge on any atom is -0.465 e. The number of esters is 1. The molecule has 1 aliphatic rings. The van der Waals surface area contributed by atoms with E-state index in [4.69, 9.17) is 12.2 Å². The first-order valence-corrected chi connectivity index (χ1v) is 6.86. The second-order valence-corrected chi connectivity index (χ2v) is 5.06. The van der Waals surface area contributed by atoms with Gasteiger partial charge in [-0.05, 0) is 43.3 Å². The van der Waals surface area contributed by atoms with Crippen molar-refractivity contribution < 1.29 is 9.53 Å². The molecule has 0 saturated heterocycles. The van der Waals surface area contributed by atoms with Crippen LogP contribution in [-0.4, -0.2) is 24.2 Å². The molecule has 0 aromatic heterocycles. The summed E-state index contributed by atoms with van der Waals surface area (Å²) in [5.41, 5.74) is 1.30. The van der Waals surface area contributed by atoms with Crippen LogP contribution < -0.4 is 10.6 Å². The maximum absolute atomic E-state index is 11.4. The van der Waals surface area contributed by atoms with Crippen LogP contribution in [-0.2, 0) is 4.74 Å². The minimum atomic E-state index is -0.349. The number of rotatable bonds is 3. The molecule has 0 amide bonds. The van der Waals surface area contributed by atoms with Crippen molar-refractivity contribution in [3.63, 3.8) is 0 Å². The molecule has 1 aromatic rings. The maximum atomic E-state index is 11.4. The lowest BCUT2D eigenvalue weighted by Gasteiger charge is -2.15. The van der Waals surface area contributed by atoms with Crippen molar-refractivity contribution in [1.29, 1.82) is 0 Å². The van der Waals surface area contributed by atoms with Crippen LogP contribution in [0, 0.1) is 0 Å². The van der Waals surface area contributed by atoms with Crippen LogP contribution in [0.2, 0.25) is 0 Å². The summed E-state index contributed by atoms with van der Waals surface area (Å²) in [4.78, 5) is 11.4. The first-order valence-electron chi connectivity index (χ1n) is 6.45. The van der Waals surface area contributed by atoms with E-state index in [9.17, 15) is 4.79 Å². The molecule has 2 rings (SSSR count). The molecule has 0 heterocycles. The highest BCUT2D eigenvalue weighted by Crippen LogP contribution is 2.18. The SMILES string of the molecule is COC(=O)c1cccc(NC(=S)NC2CCCC2)c1. The standard InChI is InChI=1S/C14H18N2O2S/c1-18-13(17)10-5-4-8-12(9-10)16-14(19)15-11-6-2-3-7-11/h4-5,8-9,11H,2-3,6-7H2,1H3,(H2,15,16,19). The summed E-state index contributed by atoms with van der Waals surface area (Å²) in [5.74, 6) is -0.349. The fourth-order valence-corrected chi connectivity index (χ4v) is 2.55. The Kier molecular flexibility index (Phi) is 4.74. The van der Waals surface area contributed by atoms with Gasteiger partial charge < -0.3 is 15.4 Å². The Hall–Kier alpha value is -1.62. The number of anilines is 1. The van der Waals surface area contributed by atoms with Gasteiger partial charge in [0.25, 0.3) is 0 Å². The summed E-state index contributed by atoms with van der Waals surface area (Å²) >= 11 is 5.27. The first-order chi connectivity index (χ1) is 9.19. The lowest BCUT2D eigenvalue weighted by molar-refractivity contribution is 0.0601. The van der Waals surface area contributed by atoms with Crippen LogP contribution in [0.25, 0.3) is 0 Å². The number of ether oxygens (including phenoxy) is 1. The highest BCUT2D eigenvalue weighted by atomic mass is 32.1. The lowest BCUT2D eigenvalue weighted by atomic mass is 10.2. The zero-order chi connectivity index (χ0) is 13.7. The zero-order valence-corrected chi connectivity index (χ0v) is 11.8. The van der Waals surface area contributed by atoms with Crippen molar-refractivity contribution in [1.82, 2.24) is 5.32 Å². The predicted molar refractivity (Wildman–Crippen MR) is 79.4 cm³/mol. The molecule has 0 radical (unpaired) electrons. The fraction of sp³-hybridized carbons (Fsp3) is 0.429. The largest absolute Gasteiger partial charge is 0.465 e. The smallest absolute Gasteiger partial charge is 0.337 e. The molecular formula is C14H18N2O2S. The van der Waals surface area contributed by atoms with Crippen molar-refractivity contribution in [3.05, 3.63) is 29.8 Å². The average Bonchev–Trinajstić information content (AvgIpc) is 2.90. The normalized spacial score (nSPS) is 15.0. The second-order valence-electron chi connectivity index (χ2n) is 4.65. The van der Waals surface area contributed by atoms with E-state index in [2.05, 4.69) is 15.4 Å². The van der Waals surface area contributed by atoms with Gasteiger partial charge in [-0.3, -0.25) is 0 Å². The fourth-order valence-electron chi connectivity index (χ4n) is 2.26. The number of carbonyl (C=O) groups excluding carboxylic acids is 1. The summed E-state index contributed by atoms with van der Waals surface area (Å²) < 4.78 is 4.69. The molecule has 1 aliphatic carbocycles. The van der Waals surface area contributed by atoms with Crippen molar-refractivity contribution in [2.45, 2.75) is 31.7 Å². The molecule has 0 atom stereocenters. The number of hydrogen-bond acceptors (Lipinski definition) is 3. The van der Waals surface area contributed by atoms with Gasteiger partial charge in [-0.15, -0.1) is 0 Å². The van der Waals surface area contributed by atoms with E-state index < -0.39 is 0 Å². The summed E-state index contributed by atoms with van der Waals surface area (Å²) in [6.45, 7) is 0. The number of benzene rings is 1.